The third-order valence-electron chi connectivity index (χ3n) is 5.12. The smallest absolute Gasteiger partial charge is 0.255 e. The van der Waals surface area contributed by atoms with Gasteiger partial charge in [0.05, 0.1) is 16.2 Å². The van der Waals surface area contributed by atoms with E-state index < -0.39 is 9.84 Å². The predicted octanol–water partition coefficient (Wildman–Crippen LogP) is 2.10. The van der Waals surface area contributed by atoms with E-state index in [-0.39, 0.29) is 35.0 Å². The number of nitrogens with two attached hydrogens (primary N) is 1. The molecule has 1 saturated carbocycles. The Hall–Kier alpha value is -1.11. The number of fused-ring (bicyclic) bond motifs is 1. The van der Waals surface area contributed by atoms with E-state index in [2.05, 4.69) is 0 Å². The topological polar surface area (TPSA) is 80.5 Å². The van der Waals surface area contributed by atoms with Gasteiger partial charge in [-0.25, -0.2) is 8.42 Å². The molecule has 1 aliphatic carbocycles. The molecule has 1 amide bonds. The van der Waals surface area contributed by atoms with Crippen molar-refractivity contribution in [2.75, 3.05) is 18.8 Å². The summed E-state index contributed by atoms with van der Waals surface area (Å²) in [4.78, 5) is 14.8. The van der Waals surface area contributed by atoms with Crippen LogP contribution in [0, 0.1) is 11.8 Å². The molecule has 3 rings (SSSR count). The molecule has 24 heavy (non-hydrogen) atoms. The fourth-order valence-electron chi connectivity index (χ4n) is 3.94. The number of nitrogens with zero attached hydrogens (tertiary/aromatic N) is 1. The number of halogens is 1. The molecule has 7 heteroatoms. The molecule has 0 bridgehead atoms. The van der Waals surface area contributed by atoms with Crippen molar-refractivity contribution in [3.05, 3.63) is 29.8 Å². The molecule has 0 spiro atoms. The Labute approximate surface area is 149 Å². The summed E-state index contributed by atoms with van der Waals surface area (Å²) in [7, 11) is -3.42. The number of sulfone groups is 1. The van der Waals surface area contributed by atoms with E-state index in [4.69, 9.17) is 5.73 Å². The molecule has 1 aliphatic heterocycles. The van der Waals surface area contributed by atoms with Crippen LogP contribution >= 0.6 is 12.4 Å². The molecule has 0 aromatic heterocycles. The van der Waals surface area contributed by atoms with Crippen LogP contribution in [0.15, 0.2) is 29.2 Å². The summed E-state index contributed by atoms with van der Waals surface area (Å²) in [5.41, 5.74) is 6.43. The third kappa shape index (κ3) is 3.46. The average Bonchev–Trinajstić information content (AvgIpc) is 3.09. The standard InChI is InChI=1S/C17H24N2O3S.ClH/c1-2-9-23(21,22)16-6-4-3-5-13(16)17(20)19-10-12-7-8-15(18)14(12)11-19;/h3-6,12,14-15H,2,7-11,18H2,1H3;1H. The van der Waals surface area contributed by atoms with Gasteiger partial charge in [0.1, 0.15) is 0 Å². The maximum absolute atomic E-state index is 12.9. The molecule has 3 atom stereocenters. The number of carbonyl (C=O) groups is 1. The normalized spacial score (nSPS) is 26.1. The number of benzene rings is 1. The van der Waals surface area contributed by atoms with Gasteiger partial charge in [0.25, 0.3) is 5.91 Å². The summed E-state index contributed by atoms with van der Waals surface area (Å²) in [6, 6.07) is 6.73. The van der Waals surface area contributed by atoms with Gasteiger partial charge in [-0.2, -0.15) is 0 Å². The zero-order chi connectivity index (χ0) is 16.6. The molecule has 1 saturated heterocycles. The zero-order valence-electron chi connectivity index (χ0n) is 13.8. The Morgan fingerprint density at radius 1 is 1.25 bits per heavy atom. The van der Waals surface area contributed by atoms with E-state index in [1.165, 1.54) is 0 Å². The minimum absolute atomic E-state index is 0. The first-order chi connectivity index (χ1) is 10.9. The monoisotopic (exact) mass is 372 g/mol. The van der Waals surface area contributed by atoms with Crippen LogP contribution in [0.2, 0.25) is 0 Å². The van der Waals surface area contributed by atoms with E-state index in [9.17, 15) is 13.2 Å². The number of hydrogen-bond donors (Lipinski definition) is 1. The number of rotatable bonds is 4. The second-order valence-electron chi connectivity index (χ2n) is 6.69. The Bertz CT molecular complexity index is 708. The highest BCUT2D eigenvalue weighted by atomic mass is 35.5. The molecule has 134 valence electrons. The van der Waals surface area contributed by atoms with Crippen molar-refractivity contribution in [1.82, 2.24) is 4.90 Å². The third-order valence-corrected chi connectivity index (χ3v) is 7.10. The number of hydrogen-bond acceptors (Lipinski definition) is 4. The van der Waals surface area contributed by atoms with Crippen molar-refractivity contribution in [3.8, 4) is 0 Å². The lowest BCUT2D eigenvalue weighted by Gasteiger charge is -2.20. The van der Waals surface area contributed by atoms with Crippen LogP contribution < -0.4 is 5.73 Å². The minimum atomic E-state index is -3.42. The molecule has 0 radical (unpaired) electrons. The minimum Gasteiger partial charge on any atom is -0.338 e. The van der Waals surface area contributed by atoms with Gasteiger partial charge in [-0.3, -0.25) is 4.79 Å². The van der Waals surface area contributed by atoms with Gasteiger partial charge in [0.15, 0.2) is 9.84 Å². The molecule has 2 fully saturated rings. The number of likely N-dealkylation sites (tertiary alicyclic amines) is 1. The Morgan fingerprint density at radius 3 is 2.62 bits per heavy atom. The zero-order valence-corrected chi connectivity index (χ0v) is 15.5. The molecule has 1 aromatic rings. The van der Waals surface area contributed by atoms with Gasteiger partial charge in [-0.1, -0.05) is 19.1 Å². The number of amides is 1. The molecular weight excluding hydrogens is 348 g/mol. The first-order valence-corrected chi connectivity index (χ1v) is 9.96. The SMILES string of the molecule is CCCS(=O)(=O)c1ccccc1C(=O)N1CC2CCC(N)C2C1.Cl. The van der Waals surface area contributed by atoms with Crippen molar-refractivity contribution in [2.45, 2.75) is 37.1 Å². The van der Waals surface area contributed by atoms with Crippen molar-refractivity contribution in [1.29, 1.82) is 0 Å². The summed E-state index contributed by atoms with van der Waals surface area (Å²) < 4.78 is 24.9. The van der Waals surface area contributed by atoms with Gasteiger partial charge in [0.2, 0.25) is 0 Å². The molecular formula is C17H25ClN2O3S. The molecule has 2 N–H and O–H groups in total. The van der Waals surface area contributed by atoms with E-state index in [1.54, 1.807) is 29.2 Å². The molecule has 1 heterocycles. The summed E-state index contributed by atoms with van der Waals surface area (Å²) >= 11 is 0. The van der Waals surface area contributed by atoms with Gasteiger partial charge < -0.3 is 10.6 Å². The van der Waals surface area contributed by atoms with Crippen LogP contribution in [-0.2, 0) is 9.84 Å². The van der Waals surface area contributed by atoms with Gasteiger partial charge >= 0.3 is 0 Å². The quantitative estimate of drug-likeness (QED) is 0.877. The second kappa shape index (κ2) is 7.42. The van der Waals surface area contributed by atoms with E-state index in [0.29, 0.717) is 36.9 Å². The van der Waals surface area contributed by atoms with Crippen LogP contribution in [0.4, 0.5) is 0 Å². The van der Waals surface area contributed by atoms with E-state index in [1.807, 2.05) is 6.92 Å². The Kier molecular flexibility index (Phi) is 5.94. The summed E-state index contributed by atoms with van der Waals surface area (Å²) in [6.45, 7) is 3.16. The molecule has 1 aromatic carbocycles. The van der Waals surface area contributed by atoms with E-state index >= 15 is 0 Å². The first-order valence-electron chi connectivity index (χ1n) is 8.30. The lowest BCUT2D eigenvalue weighted by molar-refractivity contribution is 0.0775. The van der Waals surface area contributed by atoms with Crippen molar-refractivity contribution in [2.24, 2.45) is 17.6 Å². The van der Waals surface area contributed by atoms with Crippen molar-refractivity contribution in [3.63, 3.8) is 0 Å². The van der Waals surface area contributed by atoms with Gasteiger partial charge in [-0.05, 0) is 43.2 Å². The Balaban J connectivity index is 0.00000208. The lowest BCUT2D eigenvalue weighted by atomic mass is 9.98. The predicted molar refractivity (Wildman–Crippen MR) is 96.1 cm³/mol. The maximum atomic E-state index is 12.9. The fraction of sp³-hybridized carbons (Fsp3) is 0.588. The van der Waals surface area contributed by atoms with Crippen LogP contribution in [-0.4, -0.2) is 44.1 Å². The first kappa shape index (κ1) is 19.2. The second-order valence-corrected chi connectivity index (χ2v) is 8.77. The summed E-state index contributed by atoms with van der Waals surface area (Å²) in [5, 5.41) is 0. The van der Waals surface area contributed by atoms with Gasteiger partial charge in [-0.15, -0.1) is 12.4 Å². The van der Waals surface area contributed by atoms with Gasteiger partial charge in [0, 0.05) is 19.1 Å². The van der Waals surface area contributed by atoms with Crippen LogP contribution in [0.1, 0.15) is 36.5 Å². The van der Waals surface area contributed by atoms with Crippen molar-refractivity contribution >= 4 is 28.2 Å². The highest BCUT2D eigenvalue weighted by Gasteiger charge is 2.43. The highest BCUT2D eigenvalue weighted by Crippen LogP contribution is 2.38. The average molecular weight is 373 g/mol. The van der Waals surface area contributed by atoms with Crippen molar-refractivity contribution < 1.29 is 13.2 Å². The summed E-state index contributed by atoms with van der Waals surface area (Å²) in [5.74, 6) is 0.710. The fourth-order valence-corrected chi connectivity index (χ4v) is 5.47. The van der Waals surface area contributed by atoms with Crippen LogP contribution in [0.25, 0.3) is 0 Å². The Morgan fingerprint density at radius 2 is 1.96 bits per heavy atom. The van der Waals surface area contributed by atoms with Crippen LogP contribution in [0.3, 0.4) is 0 Å². The van der Waals surface area contributed by atoms with Crippen LogP contribution in [0.5, 0.6) is 0 Å². The number of carbonyl (C=O) groups excluding carboxylic acids is 1. The molecule has 5 nitrogen and oxygen atoms in total. The maximum Gasteiger partial charge on any atom is 0.255 e. The largest absolute Gasteiger partial charge is 0.338 e. The molecule has 3 unspecified atom stereocenters. The molecule has 2 aliphatic rings. The van der Waals surface area contributed by atoms with E-state index in [0.717, 1.165) is 12.8 Å². The highest BCUT2D eigenvalue weighted by molar-refractivity contribution is 7.91. The lowest BCUT2D eigenvalue weighted by Crippen LogP contribution is -2.34. The summed E-state index contributed by atoms with van der Waals surface area (Å²) in [6.07, 6.45) is 2.62.